The van der Waals surface area contributed by atoms with Crippen LogP contribution in [0.4, 0.5) is 5.82 Å². The van der Waals surface area contributed by atoms with Gasteiger partial charge in [-0.3, -0.25) is 0 Å². The molecule has 0 aliphatic rings. The number of hydrogen-bond donors (Lipinski definition) is 1. The molecule has 0 aliphatic heterocycles. The summed E-state index contributed by atoms with van der Waals surface area (Å²) >= 11 is 0. The molecule has 0 spiro atoms. The minimum atomic E-state index is -0.0774. The lowest BCUT2D eigenvalue weighted by Crippen LogP contribution is -2.10. The number of fused-ring (bicyclic) bond motifs is 3. The fourth-order valence-electron chi connectivity index (χ4n) is 3.09. The van der Waals surface area contributed by atoms with Crippen LogP contribution in [0.5, 0.6) is 11.5 Å². The first-order valence-corrected chi connectivity index (χ1v) is 8.32. The van der Waals surface area contributed by atoms with Gasteiger partial charge in [-0.05, 0) is 37.3 Å². The summed E-state index contributed by atoms with van der Waals surface area (Å²) in [4.78, 5) is 8.76. The van der Waals surface area contributed by atoms with Gasteiger partial charge in [-0.15, -0.1) is 0 Å². The first-order chi connectivity index (χ1) is 12.7. The zero-order valence-corrected chi connectivity index (χ0v) is 14.8. The Kier molecular flexibility index (Phi) is 4.08. The molecule has 1 atom stereocenters. The maximum Gasteiger partial charge on any atom is 0.196 e. The molecule has 2 aromatic heterocycles. The standard InChI is InChI=1S/C20H19N3O3/c1-12(15-10-13(24-2)8-9-16(15)25-3)23-20-19-18(21-11-22-20)14-6-4-5-7-17(14)26-19/h4-12H,1-3H3,(H,21,22,23). The van der Waals surface area contributed by atoms with E-state index < -0.39 is 0 Å². The van der Waals surface area contributed by atoms with Gasteiger partial charge in [-0.2, -0.15) is 0 Å². The number of anilines is 1. The second-order valence-corrected chi connectivity index (χ2v) is 5.97. The molecule has 0 fully saturated rings. The molecular formula is C20H19N3O3. The van der Waals surface area contributed by atoms with Gasteiger partial charge in [0.05, 0.1) is 20.3 Å². The van der Waals surface area contributed by atoms with E-state index in [1.807, 2.05) is 49.4 Å². The molecule has 4 aromatic rings. The highest BCUT2D eigenvalue weighted by Gasteiger charge is 2.17. The number of para-hydroxylation sites is 1. The van der Waals surface area contributed by atoms with Crippen LogP contribution in [-0.2, 0) is 0 Å². The van der Waals surface area contributed by atoms with Crippen LogP contribution in [0.25, 0.3) is 22.1 Å². The Balaban J connectivity index is 1.75. The Morgan fingerprint density at radius 1 is 1.04 bits per heavy atom. The highest BCUT2D eigenvalue weighted by Crippen LogP contribution is 2.34. The van der Waals surface area contributed by atoms with E-state index in [2.05, 4.69) is 15.3 Å². The molecular weight excluding hydrogens is 330 g/mol. The summed E-state index contributed by atoms with van der Waals surface area (Å²) in [5.74, 6) is 2.19. The van der Waals surface area contributed by atoms with Crippen LogP contribution in [0.15, 0.2) is 53.2 Å². The predicted octanol–water partition coefficient (Wildman–Crippen LogP) is 4.57. The van der Waals surface area contributed by atoms with Crippen LogP contribution < -0.4 is 14.8 Å². The van der Waals surface area contributed by atoms with E-state index in [1.165, 1.54) is 0 Å². The highest BCUT2D eigenvalue weighted by atomic mass is 16.5. The maximum absolute atomic E-state index is 5.98. The highest BCUT2D eigenvalue weighted by molar-refractivity contribution is 6.05. The van der Waals surface area contributed by atoms with Crippen molar-refractivity contribution in [1.82, 2.24) is 9.97 Å². The summed E-state index contributed by atoms with van der Waals surface area (Å²) in [5, 5.41) is 4.38. The molecule has 2 aromatic carbocycles. The molecule has 0 amide bonds. The van der Waals surface area contributed by atoms with Crippen molar-refractivity contribution in [1.29, 1.82) is 0 Å². The average Bonchev–Trinajstić information content (AvgIpc) is 3.07. The van der Waals surface area contributed by atoms with Gasteiger partial charge in [0, 0.05) is 10.9 Å². The lowest BCUT2D eigenvalue weighted by Gasteiger charge is -2.18. The van der Waals surface area contributed by atoms with Gasteiger partial charge in [0.2, 0.25) is 0 Å². The SMILES string of the molecule is COc1ccc(OC)c(C(C)Nc2ncnc3c2oc2ccccc23)c1. The first kappa shape index (κ1) is 16.2. The molecule has 0 aliphatic carbocycles. The average molecular weight is 349 g/mol. The number of methoxy groups -OCH3 is 2. The van der Waals surface area contributed by atoms with Crippen molar-refractivity contribution in [3.05, 3.63) is 54.4 Å². The molecule has 0 radical (unpaired) electrons. The second-order valence-electron chi connectivity index (χ2n) is 5.97. The quantitative estimate of drug-likeness (QED) is 0.569. The number of benzene rings is 2. The molecule has 1 unspecified atom stereocenters. The summed E-state index contributed by atoms with van der Waals surface area (Å²) < 4.78 is 16.8. The summed E-state index contributed by atoms with van der Waals surface area (Å²) in [5.41, 5.74) is 3.19. The Morgan fingerprint density at radius 3 is 2.69 bits per heavy atom. The predicted molar refractivity (Wildman–Crippen MR) is 101 cm³/mol. The summed E-state index contributed by atoms with van der Waals surface area (Å²) in [6.07, 6.45) is 1.54. The molecule has 0 saturated carbocycles. The van der Waals surface area contributed by atoms with E-state index in [-0.39, 0.29) is 6.04 Å². The van der Waals surface area contributed by atoms with Crippen LogP contribution in [0.2, 0.25) is 0 Å². The van der Waals surface area contributed by atoms with Gasteiger partial charge >= 0.3 is 0 Å². The van der Waals surface area contributed by atoms with E-state index >= 15 is 0 Å². The Hall–Kier alpha value is -3.28. The van der Waals surface area contributed by atoms with E-state index in [9.17, 15) is 0 Å². The number of nitrogens with one attached hydrogen (secondary N) is 1. The lowest BCUT2D eigenvalue weighted by atomic mass is 10.1. The first-order valence-electron chi connectivity index (χ1n) is 8.32. The molecule has 0 bridgehead atoms. The van der Waals surface area contributed by atoms with Crippen LogP contribution in [0.3, 0.4) is 0 Å². The Morgan fingerprint density at radius 2 is 1.88 bits per heavy atom. The molecule has 6 heteroatoms. The van der Waals surface area contributed by atoms with Crippen molar-refractivity contribution in [3.8, 4) is 11.5 Å². The zero-order chi connectivity index (χ0) is 18.1. The normalized spacial score (nSPS) is 12.3. The fraction of sp³-hybridized carbons (Fsp3) is 0.200. The molecule has 1 N–H and O–H groups in total. The van der Waals surface area contributed by atoms with E-state index in [0.29, 0.717) is 11.4 Å². The molecule has 4 rings (SSSR count). The third kappa shape index (κ3) is 2.69. The van der Waals surface area contributed by atoms with Crippen LogP contribution in [0.1, 0.15) is 18.5 Å². The molecule has 0 saturated heterocycles. The molecule has 132 valence electrons. The van der Waals surface area contributed by atoms with Crippen molar-refractivity contribution in [2.45, 2.75) is 13.0 Å². The number of hydrogen-bond acceptors (Lipinski definition) is 6. The fourth-order valence-corrected chi connectivity index (χ4v) is 3.09. The van der Waals surface area contributed by atoms with Crippen LogP contribution >= 0.6 is 0 Å². The smallest absolute Gasteiger partial charge is 0.196 e. The van der Waals surface area contributed by atoms with Gasteiger partial charge in [0.25, 0.3) is 0 Å². The van der Waals surface area contributed by atoms with E-state index in [1.54, 1.807) is 20.5 Å². The van der Waals surface area contributed by atoms with Crippen molar-refractivity contribution in [2.75, 3.05) is 19.5 Å². The largest absolute Gasteiger partial charge is 0.497 e. The van der Waals surface area contributed by atoms with Gasteiger partial charge in [0.15, 0.2) is 11.4 Å². The number of ether oxygens (including phenoxy) is 2. The number of aromatic nitrogens is 2. The third-order valence-corrected chi connectivity index (χ3v) is 4.41. The van der Waals surface area contributed by atoms with Gasteiger partial charge in [-0.25, -0.2) is 9.97 Å². The van der Waals surface area contributed by atoms with Gasteiger partial charge in [0.1, 0.15) is 28.9 Å². The summed E-state index contributed by atoms with van der Waals surface area (Å²) in [7, 11) is 3.30. The number of nitrogens with zero attached hydrogens (tertiary/aromatic N) is 2. The third-order valence-electron chi connectivity index (χ3n) is 4.41. The van der Waals surface area contributed by atoms with Crippen molar-refractivity contribution < 1.29 is 13.9 Å². The minimum absolute atomic E-state index is 0.0774. The summed E-state index contributed by atoms with van der Waals surface area (Å²) in [6, 6.07) is 13.5. The maximum atomic E-state index is 5.98. The van der Waals surface area contributed by atoms with Crippen molar-refractivity contribution in [3.63, 3.8) is 0 Å². The zero-order valence-electron chi connectivity index (χ0n) is 14.8. The van der Waals surface area contributed by atoms with Crippen LogP contribution in [-0.4, -0.2) is 24.2 Å². The van der Waals surface area contributed by atoms with Crippen molar-refractivity contribution >= 4 is 27.9 Å². The Bertz CT molecular complexity index is 1070. The van der Waals surface area contributed by atoms with E-state index in [0.717, 1.165) is 33.5 Å². The van der Waals surface area contributed by atoms with Crippen LogP contribution in [0, 0.1) is 0 Å². The van der Waals surface area contributed by atoms with E-state index in [4.69, 9.17) is 13.9 Å². The number of furan rings is 1. The monoisotopic (exact) mass is 349 g/mol. The van der Waals surface area contributed by atoms with Crippen molar-refractivity contribution in [2.24, 2.45) is 0 Å². The molecule has 6 nitrogen and oxygen atoms in total. The summed E-state index contributed by atoms with van der Waals surface area (Å²) in [6.45, 7) is 2.04. The van der Waals surface area contributed by atoms with Gasteiger partial charge < -0.3 is 19.2 Å². The molecule has 2 heterocycles. The lowest BCUT2D eigenvalue weighted by molar-refractivity contribution is 0.397. The minimum Gasteiger partial charge on any atom is -0.497 e. The Labute approximate surface area is 150 Å². The van der Waals surface area contributed by atoms with Gasteiger partial charge in [-0.1, -0.05) is 12.1 Å². The topological polar surface area (TPSA) is 69.4 Å². The number of rotatable bonds is 5. The second kappa shape index (κ2) is 6.55. The molecule has 26 heavy (non-hydrogen) atoms.